The molecular formula is C19H18O2S. The molecule has 1 aliphatic heterocycles. The van der Waals surface area contributed by atoms with Crippen molar-refractivity contribution in [1.82, 2.24) is 0 Å². The van der Waals surface area contributed by atoms with Gasteiger partial charge in [-0.2, -0.15) is 0 Å². The summed E-state index contributed by atoms with van der Waals surface area (Å²) in [6.45, 7) is 2.25. The minimum Gasteiger partial charge on any atom is -0.466 e. The van der Waals surface area contributed by atoms with E-state index in [0.717, 1.165) is 11.3 Å². The Morgan fingerprint density at radius 3 is 2.68 bits per heavy atom. The molecule has 0 saturated carbocycles. The predicted molar refractivity (Wildman–Crippen MR) is 90.8 cm³/mol. The lowest BCUT2D eigenvalue weighted by Gasteiger charge is -2.11. The first-order valence-corrected chi connectivity index (χ1v) is 8.44. The molecule has 22 heavy (non-hydrogen) atoms. The first-order valence-electron chi connectivity index (χ1n) is 7.46. The van der Waals surface area contributed by atoms with Gasteiger partial charge in [0.2, 0.25) is 0 Å². The Balaban J connectivity index is 2.06. The van der Waals surface area contributed by atoms with Gasteiger partial charge in [-0.15, -0.1) is 11.8 Å². The van der Waals surface area contributed by atoms with Gasteiger partial charge in [-0.1, -0.05) is 48.5 Å². The standard InChI is InChI=1S/C19H18O2S/c1-2-21-19(20)12-11-16-15-8-4-3-7-14(15)13-22-18-10-6-5-9-17(16)18/h3-11H,2,12-13H2,1H3/b16-11+. The van der Waals surface area contributed by atoms with E-state index < -0.39 is 0 Å². The molecule has 0 bridgehead atoms. The summed E-state index contributed by atoms with van der Waals surface area (Å²) in [4.78, 5) is 13.0. The van der Waals surface area contributed by atoms with Crippen LogP contribution in [0.4, 0.5) is 0 Å². The van der Waals surface area contributed by atoms with Crippen LogP contribution in [-0.4, -0.2) is 12.6 Å². The molecule has 0 N–H and O–H groups in total. The van der Waals surface area contributed by atoms with Crippen molar-refractivity contribution < 1.29 is 9.53 Å². The normalized spacial score (nSPS) is 14.9. The maximum absolute atomic E-state index is 11.7. The Labute approximate surface area is 135 Å². The lowest BCUT2D eigenvalue weighted by atomic mass is 9.93. The van der Waals surface area contributed by atoms with Crippen LogP contribution >= 0.6 is 11.8 Å². The highest BCUT2D eigenvalue weighted by Crippen LogP contribution is 2.39. The summed E-state index contributed by atoms with van der Waals surface area (Å²) in [6, 6.07) is 16.8. The zero-order valence-corrected chi connectivity index (χ0v) is 13.4. The maximum Gasteiger partial charge on any atom is 0.309 e. The van der Waals surface area contributed by atoms with Crippen molar-refractivity contribution in [3.8, 4) is 0 Å². The van der Waals surface area contributed by atoms with Crippen LogP contribution in [0.15, 0.2) is 59.5 Å². The van der Waals surface area contributed by atoms with Gasteiger partial charge >= 0.3 is 5.97 Å². The molecule has 3 rings (SSSR count). The number of hydrogen-bond donors (Lipinski definition) is 0. The monoisotopic (exact) mass is 310 g/mol. The lowest BCUT2D eigenvalue weighted by molar-refractivity contribution is -0.142. The van der Waals surface area contributed by atoms with Crippen LogP contribution in [0.5, 0.6) is 0 Å². The molecule has 0 aromatic heterocycles. The second-order valence-corrected chi connectivity index (χ2v) is 6.09. The lowest BCUT2D eigenvalue weighted by Crippen LogP contribution is -2.02. The molecular weight excluding hydrogens is 292 g/mol. The predicted octanol–water partition coefficient (Wildman–Crippen LogP) is 4.68. The number of benzene rings is 2. The van der Waals surface area contributed by atoms with Crippen molar-refractivity contribution in [2.45, 2.75) is 24.0 Å². The van der Waals surface area contributed by atoms with Crippen LogP contribution in [0.25, 0.3) is 5.57 Å². The minimum absolute atomic E-state index is 0.179. The van der Waals surface area contributed by atoms with E-state index in [9.17, 15) is 4.79 Å². The number of rotatable bonds is 3. The van der Waals surface area contributed by atoms with E-state index in [1.54, 1.807) is 0 Å². The van der Waals surface area contributed by atoms with E-state index >= 15 is 0 Å². The highest BCUT2D eigenvalue weighted by atomic mass is 32.2. The second kappa shape index (κ2) is 6.84. The van der Waals surface area contributed by atoms with Gasteiger partial charge in [0.05, 0.1) is 13.0 Å². The van der Waals surface area contributed by atoms with Crippen LogP contribution < -0.4 is 0 Å². The first kappa shape index (κ1) is 14.9. The average molecular weight is 310 g/mol. The van der Waals surface area contributed by atoms with Gasteiger partial charge in [-0.25, -0.2) is 0 Å². The van der Waals surface area contributed by atoms with Crippen molar-refractivity contribution >= 4 is 23.3 Å². The van der Waals surface area contributed by atoms with Crippen molar-refractivity contribution in [3.63, 3.8) is 0 Å². The number of hydrogen-bond acceptors (Lipinski definition) is 3. The summed E-state index contributed by atoms with van der Waals surface area (Å²) in [5.41, 5.74) is 4.84. The van der Waals surface area contributed by atoms with Crippen molar-refractivity contribution in [2.75, 3.05) is 6.61 Å². The fourth-order valence-corrected chi connectivity index (χ4v) is 3.72. The summed E-state index contributed by atoms with van der Waals surface area (Å²) in [5.74, 6) is 0.770. The van der Waals surface area contributed by atoms with E-state index in [2.05, 4.69) is 42.5 Å². The molecule has 0 saturated heterocycles. The molecule has 3 heteroatoms. The Kier molecular flexibility index (Phi) is 4.64. The van der Waals surface area contributed by atoms with Crippen LogP contribution in [0.2, 0.25) is 0 Å². The molecule has 112 valence electrons. The SMILES string of the molecule is CCOC(=O)C/C=C1\c2ccccc2CSc2ccccc21. The van der Waals surface area contributed by atoms with Crippen molar-refractivity contribution in [1.29, 1.82) is 0 Å². The minimum atomic E-state index is -0.179. The van der Waals surface area contributed by atoms with E-state index in [1.165, 1.54) is 21.6 Å². The molecule has 1 heterocycles. The van der Waals surface area contributed by atoms with Gasteiger partial charge < -0.3 is 4.74 Å². The van der Waals surface area contributed by atoms with Gasteiger partial charge in [0.15, 0.2) is 0 Å². The molecule has 1 aliphatic rings. The number of thioether (sulfide) groups is 1. The molecule has 0 aliphatic carbocycles. The van der Waals surface area contributed by atoms with Gasteiger partial charge in [-0.3, -0.25) is 4.79 Å². The zero-order valence-electron chi connectivity index (χ0n) is 12.5. The Bertz CT molecular complexity index is 669. The third kappa shape index (κ3) is 3.09. The topological polar surface area (TPSA) is 26.3 Å². The fraction of sp³-hybridized carbons (Fsp3) is 0.211. The van der Waals surface area contributed by atoms with Crippen molar-refractivity contribution in [3.05, 3.63) is 71.3 Å². The molecule has 2 aromatic carbocycles. The van der Waals surface area contributed by atoms with E-state index in [4.69, 9.17) is 4.74 Å². The molecule has 0 amide bonds. The smallest absolute Gasteiger partial charge is 0.309 e. The number of carbonyl (C=O) groups is 1. The van der Waals surface area contributed by atoms with Crippen LogP contribution in [0.1, 0.15) is 30.0 Å². The van der Waals surface area contributed by atoms with E-state index in [0.29, 0.717) is 13.0 Å². The van der Waals surface area contributed by atoms with Gasteiger partial charge in [0, 0.05) is 10.6 Å². The number of carbonyl (C=O) groups excluding carboxylic acids is 1. The summed E-state index contributed by atoms with van der Waals surface area (Å²) >= 11 is 1.84. The maximum atomic E-state index is 11.7. The Hall–Kier alpha value is -2.00. The largest absolute Gasteiger partial charge is 0.466 e. The molecule has 0 radical (unpaired) electrons. The van der Waals surface area contributed by atoms with Gasteiger partial charge in [-0.05, 0) is 35.3 Å². The molecule has 2 nitrogen and oxygen atoms in total. The van der Waals surface area contributed by atoms with Crippen LogP contribution in [-0.2, 0) is 15.3 Å². The van der Waals surface area contributed by atoms with Gasteiger partial charge in [0.1, 0.15) is 0 Å². The highest BCUT2D eigenvalue weighted by Gasteiger charge is 2.18. The Morgan fingerprint density at radius 1 is 1.14 bits per heavy atom. The third-order valence-corrected chi connectivity index (χ3v) is 4.77. The summed E-state index contributed by atoms with van der Waals surface area (Å²) < 4.78 is 5.05. The molecule has 0 unspecified atom stereocenters. The van der Waals surface area contributed by atoms with E-state index in [1.807, 2.05) is 30.8 Å². The first-order chi connectivity index (χ1) is 10.8. The summed E-state index contributed by atoms with van der Waals surface area (Å²) in [5, 5.41) is 0. The highest BCUT2D eigenvalue weighted by molar-refractivity contribution is 7.98. The zero-order chi connectivity index (χ0) is 15.4. The quantitative estimate of drug-likeness (QED) is 0.770. The molecule has 0 spiro atoms. The van der Waals surface area contributed by atoms with Crippen molar-refractivity contribution in [2.24, 2.45) is 0 Å². The molecule has 2 aromatic rings. The number of esters is 1. The van der Waals surface area contributed by atoms with Crippen LogP contribution in [0, 0.1) is 0 Å². The third-order valence-electron chi connectivity index (χ3n) is 3.65. The average Bonchev–Trinajstić information content (AvgIpc) is 2.70. The fourth-order valence-electron chi connectivity index (χ4n) is 2.65. The second-order valence-electron chi connectivity index (χ2n) is 5.07. The summed E-state index contributed by atoms with van der Waals surface area (Å²) in [6.07, 6.45) is 2.30. The summed E-state index contributed by atoms with van der Waals surface area (Å²) in [7, 11) is 0. The van der Waals surface area contributed by atoms with Crippen LogP contribution in [0.3, 0.4) is 0 Å². The Morgan fingerprint density at radius 2 is 1.86 bits per heavy atom. The van der Waals surface area contributed by atoms with E-state index in [-0.39, 0.29) is 5.97 Å². The number of ether oxygens (including phenoxy) is 1. The molecule has 0 atom stereocenters. The molecule has 0 fully saturated rings. The van der Waals surface area contributed by atoms with Gasteiger partial charge in [0.25, 0.3) is 0 Å². The number of fused-ring (bicyclic) bond motifs is 2.